The monoisotopic (exact) mass is 435 g/mol. The third-order valence-corrected chi connectivity index (χ3v) is 7.32. The minimum atomic E-state index is -1.58. The molecule has 6 rings (SSSR count). The summed E-state index contributed by atoms with van der Waals surface area (Å²) in [5.74, 6) is -0.494. The number of carboxylic acid groups (broad SMARTS) is 1. The highest BCUT2D eigenvalue weighted by atomic mass is 35.5. The smallest absolute Gasteiger partial charge is 0.449 e. The average Bonchev–Trinajstić information content (AvgIpc) is 3.53. The van der Waals surface area contributed by atoms with E-state index in [0.29, 0.717) is 29.7 Å². The lowest BCUT2D eigenvalue weighted by Crippen LogP contribution is -2.64. The largest absolute Gasteiger partial charge is 0.511 e. The molecule has 3 atom stereocenters. The van der Waals surface area contributed by atoms with E-state index in [4.69, 9.17) is 16.7 Å². The van der Waals surface area contributed by atoms with E-state index in [1.54, 1.807) is 4.57 Å². The van der Waals surface area contributed by atoms with Crippen LogP contribution in [-0.4, -0.2) is 46.5 Å². The standard InChI is InChI=1S/C21H23ClFN3O4/c1-10-11-3-6-16(24(10)2)26(8-11)19-14(23)7-13-18(17(19)22)25(12-4-5-12)9-15(20(13)27)30-21(28)29/h7,9-12,16H,3-6,8H2,1-2H3,(H,28,29). The maximum atomic E-state index is 15.4. The Balaban J connectivity index is 1.71. The molecule has 0 radical (unpaired) electrons. The van der Waals surface area contributed by atoms with E-state index in [9.17, 15) is 9.59 Å². The lowest BCUT2D eigenvalue weighted by molar-refractivity contribution is 0.0337. The number of rotatable bonds is 3. The molecule has 3 aliphatic heterocycles. The summed E-state index contributed by atoms with van der Waals surface area (Å²) in [4.78, 5) is 28.1. The zero-order valence-electron chi connectivity index (χ0n) is 16.8. The van der Waals surface area contributed by atoms with Crippen molar-refractivity contribution >= 4 is 34.3 Å². The Hall–Kier alpha value is -2.32. The van der Waals surface area contributed by atoms with Crippen LogP contribution in [0, 0.1) is 11.7 Å². The van der Waals surface area contributed by atoms with E-state index < -0.39 is 17.4 Å². The molecule has 160 valence electrons. The van der Waals surface area contributed by atoms with Crippen molar-refractivity contribution in [3.8, 4) is 5.75 Å². The first-order valence-corrected chi connectivity index (χ1v) is 10.6. The Morgan fingerprint density at radius 3 is 2.67 bits per heavy atom. The molecular weight excluding hydrogens is 413 g/mol. The van der Waals surface area contributed by atoms with Crippen molar-refractivity contribution in [3.05, 3.63) is 33.3 Å². The third-order valence-electron chi connectivity index (χ3n) is 6.96. The van der Waals surface area contributed by atoms with Crippen LogP contribution in [0.3, 0.4) is 0 Å². The molecule has 2 bridgehead atoms. The van der Waals surface area contributed by atoms with Gasteiger partial charge in [0, 0.05) is 18.6 Å². The van der Waals surface area contributed by atoms with Gasteiger partial charge in [-0.1, -0.05) is 11.6 Å². The lowest BCUT2D eigenvalue weighted by Gasteiger charge is -2.55. The molecule has 1 aromatic heterocycles. The van der Waals surface area contributed by atoms with Crippen LogP contribution in [0.4, 0.5) is 14.9 Å². The van der Waals surface area contributed by atoms with Crippen LogP contribution in [0.1, 0.15) is 38.6 Å². The van der Waals surface area contributed by atoms with Crippen molar-refractivity contribution in [3.63, 3.8) is 0 Å². The zero-order valence-corrected chi connectivity index (χ0v) is 17.5. The number of halogens is 2. The number of aromatic nitrogens is 1. The topological polar surface area (TPSA) is 75.0 Å². The van der Waals surface area contributed by atoms with Crippen molar-refractivity contribution in [2.24, 2.45) is 5.92 Å². The summed E-state index contributed by atoms with van der Waals surface area (Å²) in [6.45, 7) is 2.91. The van der Waals surface area contributed by atoms with Crippen molar-refractivity contribution in [1.82, 2.24) is 9.47 Å². The van der Waals surface area contributed by atoms with E-state index >= 15 is 4.39 Å². The fourth-order valence-electron chi connectivity index (χ4n) is 5.12. The summed E-state index contributed by atoms with van der Waals surface area (Å²) < 4.78 is 21.8. The number of ether oxygens (including phenoxy) is 1. The van der Waals surface area contributed by atoms with Crippen LogP contribution in [0.5, 0.6) is 5.75 Å². The van der Waals surface area contributed by atoms with Gasteiger partial charge >= 0.3 is 6.16 Å². The van der Waals surface area contributed by atoms with Crippen LogP contribution >= 0.6 is 11.6 Å². The summed E-state index contributed by atoms with van der Waals surface area (Å²) in [5.41, 5.74) is 0.0799. The van der Waals surface area contributed by atoms with Crippen molar-refractivity contribution < 1.29 is 19.0 Å². The fraction of sp³-hybridized carbons (Fsp3) is 0.524. The molecule has 7 nitrogen and oxygen atoms in total. The molecule has 1 N–H and O–H groups in total. The Kier molecular flexibility index (Phi) is 4.48. The molecule has 4 fully saturated rings. The van der Waals surface area contributed by atoms with Gasteiger partial charge in [0.15, 0.2) is 5.75 Å². The molecule has 3 unspecified atom stereocenters. The quantitative estimate of drug-likeness (QED) is 0.733. The fourth-order valence-corrected chi connectivity index (χ4v) is 5.52. The van der Waals surface area contributed by atoms with Gasteiger partial charge in [0.1, 0.15) is 5.82 Å². The Labute approximate surface area is 177 Å². The predicted molar refractivity (Wildman–Crippen MR) is 111 cm³/mol. The number of piperidine rings is 2. The van der Waals surface area contributed by atoms with Crippen LogP contribution in [0.25, 0.3) is 10.9 Å². The Morgan fingerprint density at radius 1 is 1.30 bits per heavy atom. The van der Waals surface area contributed by atoms with Crippen LogP contribution in [0.15, 0.2) is 17.1 Å². The van der Waals surface area contributed by atoms with Gasteiger partial charge in [-0.2, -0.15) is 0 Å². The molecular formula is C21H23ClFN3O4. The highest BCUT2D eigenvalue weighted by Gasteiger charge is 2.44. The first kappa shape index (κ1) is 19.6. The molecule has 9 heteroatoms. The molecule has 0 amide bonds. The normalized spacial score (nSPS) is 26.4. The van der Waals surface area contributed by atoms with Gasteiger partial charge in [0.25, 0.3) is 0 Å². The van der Waals surface area contributed by atoms with Crippen LogP contribution in [0.2, 0.25) is 5.02 Å². The van der Waals surface area contributed by atoms with E-state index in [0.717, 1.165) is 25.7 Å². The first-order chi connectivity index (χ1) is 14.3. The van der Waals surface area contributed by atoms with Gasteiger partial charge in [0.2, 0.25) is 5.43 Å². The van der Waals surface area contributed by atoms with Crippen molar-refractivity contribution in [2.75, 3.05) is 18.5 Å². The number of nitrogens with zero attached hydrogens (tertiary/aromatic N) is 3. The van der Waals surface area contributed by atoms with E-state index in [1.165, 1.54) is 12.3 Å². The Bertz CT molecular complexity index is 1110. The van der Waals surface area contributed by atoms with Gasteiger partial charge in [-0.25, -0.2) is 9.18 Å². The highest BCUT2D eigenvalue weighted by molar-refractivity contribution is 6.38. The van der Waals surface area contributed by atoms with Gasteiger partial charge < -0.3 is 19.3 Å². The molecule has 2 aromatic rings. The Morgan fingerprint density at radius 2 is 2.03 bits per heavy atom. The maximum Gasteiger partial charge on any atom is 0.511 e. The summed E-state index contributed by atoms with van der Waals surface area (Å²) in [6, 6.07) is 1.68. The highest BCUT2D eigenvalue weighted by Crippen LogP contribution is 2.46. The third kappa shape index (κ3) is 2.88. The van der Waals surface area contributed by atoms with Gasteiger partial charge in [-0.15, -0.1) is 0 Å². The number of fused-ring (bicyclic) bond motifs is 4. The second-order valence-corrected chi connectivity index (χ2v) is 9.00. The molecule has 3 saturated heterocycles. The summed E-state index contributed by atoms with van der Waals surface area (Å²) in [5, 5.41) is 9.19. The minimum absolute atomic E-state index is 0.0378. The number of hydrogen-bond acceptors (Lipinski definition) is 5. The zero-order chi connectivity index (χ0) is 21.3. The predicted octanol–water partition coefficient (Wildman–Crippen LogP) is 4.06. The number of hydrogen-bond donors (Lipinski definition) is 1. The van der Waals surface area contributed by atoms with Gasteiger partial charge in [0.05, 0.1) is 34.0 Å². The van der Waals surface area contributed by atoms with E-state index in [2.05, 4.69) is 23.6 Å². The molecule has 4 heterocycles. The average molecular weight is 436 g/mol. The first-order valence-electron chi connectivity index (χ1n) is 10.2. The van der Waals surface area contributed by atoms with E-state index in [-0.39, 0.29) is 28.4 Å². The summed E-state index contributed by atoms with van der Waals surface area (Å²) >= 11 is 6.79. The minimum Gasteiger partial charge on any atom is -0.449 e. The number of anilines is 1. The molecule has 1 aromatic carbocycles. The lowest BCUT2D eigenvalue weighted by atomic mass is 9.83. The second-order valence-electron chi connectivity index (χ2n) is 8.62. The number of carbonyl (C=O) groups is 1. The van der Waals surface area contributed by atoms with Crippen LogP contribution in [-0.2, 0) is 0 Å². The summed E-state index contributed by atoms with van der Waals surface area (Å²) in [6.07, 6.45) is 3.64. The molecule has 1 aliphatic carbocycles. The second kappa shape index (κ2) is 6.85. The molecule has 0 spiro atoms. The van der Waals surface area contributed by atoms with Crippen molar-refractivity contribution in [1.29, 1.82) is 0 Å². The molecule has 1 saturated carbocycles. The SMILES string of the molecule is CC1C2CCC(N(c3c(F)cc4c(=O)c(OC(=O)O)cn(C5CC5)c4c3Cl)C2)N1C. The maximum absolute atomic E-state index is 15.4. The van der Waals surface area contributed by atoms with Gasteiger partial charge in [-0.3, -0.25) is 9.69 Å². The van der Waals surface area contributed by atoms with Crippen molar-refractivity contribution in [2.45, 2.75) is 50.9 Å². The summed E-state index contributed by atoms with van der Waals surface area (Å²) in [7, 11) is 2.05. The molecule has 4 aliphatic rings. The number of benzene rings is 1. The molecule has 30 heavy (non-hydrogen) atoms. The van der Waals surface area contributed by atoms with Gasteiger partial charge in [-0.05, 0) is 51.6 Å². The van der Waals surface area contributed by atoms with Crippen LogP contribution < -0.4 is 15.1 Å². The number of pyridine rings is 1. The van der Waals surface area contributed by atoms with E-state index in [1.807, 2.05) is 4.90 Å².